The van der Waals surface area contributed by atoms with Crippen LogP contribution in [0.2, 0.25) is 0 Å². The van der Waals surface area contributed by atoms with Gasteiger partial charge in [-0.15, -0.1) is 0 Å². The molecule has 1 saturated carbocycles. The van der Waals surface area contributed by atoms with Crippen LogP contribution in [0.15, 0.2) is 0 Å². The zero-order chi connectivity index (χ0) is 10.6. The van der Waals surface area contributed by atoms with E-state index < -0.39 is 0 Å². The summed E-state index contributed by atoms with van der Waals surface area (Å²) < 4.78 is 5.10. The molecule has 14 heavy (non-hydrogen) atoms. The summed E-state index contributed by atoms with van der Waals surface area (Å²) in [6, 6.07) is 1.16. The molecule has 3 nitrogen and oxygen atoms in total. The number of rotatable bonds is 7. The Balaban J connectivity index is 2.19. The van der Waals surface area contributed by atoms with Gasteiger partial charge < -0.3 is 15.0 Å². The van der Waals surface area contributed by atoms with E-state index in [0.717, 1.165) is 19.1 Å². The first kappa shape index (κ1) is 12.0. The molecule has 1 fully saturated rings. The number of hydrogen-bond acceptors (Lipinski definition) is 3. The van der Waals surface area contributed by atoms with Gasteiger partial charge >= 0.3 is 0 Å². The van der Waals surface area contributed by atoms with Gasteiger partial charge in [-0.2, -0.15) is 0 Å². The molecule has 0 aromatic rings. The highest BCUT2D eigenvalue weighted by Gasteiger charge is 2.32. The Morgan fingerprint density at radius 2 is 2.07 bits per heavy atom. The molecule has 0 saturated heterocycles. The highest BCUT2D eigenvalue weighted by Crippen LogP contribution is 2.34. The number of ether oxygens (including phenoxy) is 1. The SMILES string of the molecule is COCC(C)NCC(C1CC1)N(C)C. The Labute approximate surface area is 87.8 Å². The van der Waals surface area contributed by atoms with Crippen molar-refractivity contribution in [3.63, 3.8) is 0 Å². The van der Waals surface area contributed by atoms with E-state index in [1.165, 1.54) is 12.8 Å². The van der Waals surface area contributed by atoms with E-state index in [4.69, 9.17) is 4.74 Å². The fourth-order valence-corrected chi connectivity index (χ4v) is 1.88. The first-order valence-corrected chi connectivity index (χ1v) is 5.54. The molecule has 1 aliphatic rings. The molecule has 3 heteroatoms. The van der Waals surface area contributed by atoms with E-state index in [2.05, 4.69) is 31.2 Å². The highest BCUT2D eigenvalue weighted by atomic mass is 16.5. The molecule has 0 bridgehead atoms. The third kappa shape index (κ3) is 3.95. The lowest BCUT2D eigenvalue weighted by Gasteiger charge is -2.26. The molecule has 1 rings (SSSR count). The van der Waals surface area contributed by atoms with Gasteiger partial charge in [0.2, 0.25) is 0 Å². The van der Waals surface area contributed by atoms with Crippen molar-refractivity contribution in [2.24, 2.45) is 5.92 Å². The summed E-state index contributed by atoms with van der Waals surface area (Å²) >= 11 is 0. The average molecular weight is 200 g/mol. The topological polar surface area (TPSA) is 24.5 Å². The Hall–Kier alpha value is -0.120. The van der Waals surface area contributed by atoms with Crippen molar-refractivity contribution in [3.8, 4) is 0 Å². The Morgan fingerprint density at radius 1 is 1.43 bits per heavy atom. The zero-order valence-electron chi connectivity index (χ0n) is 9.92. The molecule has 84 valence electrons. The van der Waals surface area contributed by atoms with E-state index in [1.807, 2.05) is 0 Å². The molecular weight excluding hydrogens is 176 g/mol. The summed E-state index contributed by atoms with van der Waals surface area (Å²) in [6.07, 6.45) is 2.81. The largest absolute Gasteiger partial charge is 0.383 e. The van der Waals surface area contributed by atoms with Crippen LogP contribution in [0.25, 0.3) is 0 Å². The molecule has 0 heterocycles. The van der Waals surface area contributed by atoms with Crippen LogP contribution in [0.4, 0.5) is 0 Å². The molecule has 0 spiro atoms. The molecule has 0 radical (unpaired) electrons. The monoisotopic (exact) mass is 200 g/mol. The van der Waals surface area contributed by atoms with Crippen LogP contribution < -0.4 is 5.32 Å². The second-order valence-corrected chi connectivity index (χ2v) is 4.63. The van der Waals surface area contributed by atoms with Crippen LogP contribution in [-0.4, -0.2) is 51.3 Å². The van der Waals surface area contributed by atoms with Crippen molar-refractivity contribution in [1.82, 2.24) is 10.2 Å². The van der Waals surface area contributed by atoms with Crippen LogP contribution in [0.1, 0.15) is 19.8 Å². The predicted molar refractivity (Wildman–Crippen MR) is 59.5 cm³/mol. The summed E-state index contributed by atoms with van der Waals surface area (Å²) in [7, 11) is 6.10. The van der Waals surface area contributed by atoms with Gasteiger partial charge in [0.15, 0.2) is 0 Å². The summed E-state index contributed by atoms with van der Waals surface area (Å²) in [6.45, 7) is 4.05. The molecule has 0 aliphatic heterocycles. The van der Waals surface area contributed by atoms with Gasteiger partial charge in [0, 0.05) is 25.7 Å². The van der Waals surface area contributed by atoms with Crippen molar-refractivity contribution in [1.29, 1.82) is 0 Å². The molecule has 1 aliphatic carbocycles. The predicted octanol–water partition coefficient (Wildman–Crippen LogP) is 0.951. The van der Waals surface area contributed by atoms with E-state index in [9.17, 15) is 0 Å². The maximum atomic E-state index is 5.10. The zero-order valence-corrected chi connectivity index (χ0v) is 9.92. The lowest BCUT2D eigenvalue weighted by atomic mass is 10.1. The first-order chi connectivity index (χ1) is 6.65. The maximum absolute atomic E-state index is 5.10. The molecule has 1 N–H and O–H groups in total. The minimum Gasteiger partial charge on any atom is -0.383 e. The van der Waals surface area contributed by atoms with Gasteiger partial charge in [0.05, 0.1) is 6.61 Å². The van der Waals surface area contributed by atoms with Crippen molar-refractivity contribution in [2.75, 3.05) is 34.4 Å². The quantitative estimate of drug-likeness (QED) is 0.662. The standard InChI is InChI=1S/C11H24N2O/c1-9(8-14-4)12-7-11(13(2)3)10-5-6-10/h9-12H,5-8H2,1-4H3. The second-order valence-electron chi connectivity index (χ2n) is 4.63. The van der Waals surface area contributed by atoms with E-state index in [1.54, 1.807) is 7.11 Å². The smallest absolute Gasteiger partial charge is 0.0613 e. The lowest BCUT2D eigenvalue weighted by molar-refractivity contribution is 0.163. The molecular formula is C11H24N2O. The van der Waals surface area contributed by atoms with Crippen LogP contribution in [0, 0.1) is 5.92 Å². The summed E-state index contributed by atoms with van der Waals surface area (Å²) in [5, 5.41) is 3.52. The summed E-state index contributed by atoms with van der Waals surface area (Å²) in [5.74, 6) is 0.923. The highest BCUT2D eigenvalue weighted by molar-refractivity contribution is 4.88. The Morgan fingerprint density at radius 3 is 2.50 bits per heavy atom. The maximum Gasteiger partial charge on any atom is 0.0613 e. The normalized spacial score (nSPS) is 21.2. The van der Waals surface area contributed by atoms with Gasteiger partial charge in [0.1, 0.15) is 0 Å². The van der Waals surface area contributed by atoms with Gasteiger partial charge in [-0.25, -0.2) is 0 Å². The number of hydrogen-bond donors (Lipinski definition) is 1. The Bertz CT molecular complexity index is 155. The number of methoxy groups -OCH3 is 1. The Kier molecular flexibility index (Phi) is 4.85. The summed E-state index contributed by atoms with van der Waals surface area (Å²) in [5.41, 5.74) is 0. The average Bonchev–Trinajstić information content (AvgIpc) is 2.88. The van der Waals surface area contributed by atoms with Crippen LogP contribution in [0.3, 0.4) is 0 Å². The van der Waals surface area contributed by atoms with Crippen LogP contribution >= 0.6 is 0 Å². The fraction of sp³-hybridized carbons (Fsp3) is 1.00. The number of nitrogens with one attached hydrogen (secondary N) is 1. The molecule has 2 atom stereocenters. The van der Waals surface area contributed by atoms with Crippen molar-refractivity contribution >= 4 is 0 Å². The molecule has 0 amide bonds. The van der Waals surface area contributed by atoms with E-state index >= 15 is 0 Å². The summed E-state index contributed by atoms with van der Waals surface area (Å²) in [4.78, 5) is 2.34. The second kappa shape index (κ2) is 5.69. The molecule has 0 aromatic heterocycles. The van der Waals surface area contributed by atoms with Crippen molar-refractivity contribution in [3.05, 3.63) is 0 Å². The van der Waals surface area contributed by atoms with E-state index in [0.29, 0.717) is 12.1 Å². The first-order valence-electron chi connectivity index (χ1n) is 5.54. The van der Waals surface area contributed by atoms with Crippen molar-refractivity contribution in [2.45, 2.75) is 31.8 Å². The fourth-order valence-electron chi connectivity index (χ4n) is 1.88. The number of nitrogens with zero attached hydrogens (tertiary/aromatic N) is 1. The number of likely N-dealkylation sites (N-methyl/N-ethyl adjacent to an activating group) is 1. The van der Waals surface area contributed by atoms with E-state index in [-0.39, 0.29) is 0 Å². The van der Waals surface area contributed by atoms with Gasteiger partial charge in [-0.3, -0.25) is 0 Å². The third-order valence-electron chi connectivity index (χ3n) is 2.92. The third-order valence-corrected chi connectivity index (χ3v) is 2.92. The van der Waals surface area contributed by atoms with Gasteiger partial charge in [-0.1, -0.05) is 0 Å². The molecule has 2 unspecified atom stereocenters. The van der Waals surface area contributed by atoms with Gasteiger partial charge in [-0.05, 0) is 39.8 Å². The lowest BCUT2D eigenvalue weighted by Crippen LogP contribution is -2.43. The molecule has 0 aromatic carbocycles. The van der Waals surface area contributed by atoms with Crippen molar-refractivity contribution < 1.29 is 4.74 Å². The van der Waals surface area contributed by atoms with Crippen LogP contribution in [-0.2, 0) is 4.74 Å². The minimum atomic E-state index is 0.459. The van der Waals surface area contributed by atoms with Gasteiger partial charge in [0.25, 0.3) is 0 Å². The minimum absolute atomic E-state index is 0.459. The van der Waals surface area contributed by atoms with Crippen LogP contribution in [0.5, 0.6) is 0 Å².